The molecule has 0 amide bonds. The van der Waals surface area contributed by atoms with Gasteiger partial charge in [-0.15, -0.1) is 6.58 Å². The number of hydrogen-bond acceptors (Lipinski definition) is 2. The van der Waals surface area contributed by atoms with E-state index in [2.05, 4.69) is 6.58 Å². The van der Waals surface area contributed by atoms with E-state index in [1.807, 2.05) is 30.3 Å². The molecule has 2 nitrogen and oxygen atoms in total. The Bertz CT molecular complexity index is 490. The molecule has 94 valence electrons. The van der Waals surface area contributed by atoms with Crippen molar-refractivity contribution in [2.24, 2.45) is 0 Å². The maximum Gasteiger partial charge on any atom is 0.119 e. The zero-order valence-corrected chi connectivity index (χ0v) is 10.8. The van der Waals surface area contributed by atoms with E-state index >= 15 is 0 Å². The average Bonchev–Trinajstić information content (AvgIpc) is 2.37. The van der Waals surface area contributed by atoms with Gasteiger partial charge in [0.1, 0.15) is 5.75 Å². The molecule has 0 aromatic heterocycles. The zero-order valence-electron chi connectivity index (χ0n) is 10.0. The summed E-state index contributed by atoms with van der Waals surface area (Å²) < 4.78 is 0. The van der Waals surface area contributed by atoms with Gasteiger partial charge in [0.25, 0.3) is 0 Å². The van der Waals surface area contributed by atoms with Crippen LogP contribution in [0.4, 0.5) is 5.69 Å². The van der Waals surface area contributed by atoms with Gasteiger partial charge in [-0.25, -0.2) is 0 Å². The molecule has 2 aromatic rings. The molecule has 0 aliphatic rings. The predicted molar refractivity (Wildman–Crippen MR) is 77.9 cm³/mol. The number of anilines is 1. The molecular weight excluding hydrogens is 246 g/mol. The number of rotatable bonds is 2. The molecule has 0 bridgehead atoms. The van der Waals surface area contributed by atoms with Crippen LogP contribution in [0.15, 0.2) is 61.2 Å². The molecule has 0 radical (unpaired) electrons. The average molecular weight is 262 g/mol. The summed E-state index contributed by atoms with van der Waals surface area (Å²) in [6.45, 7) is 3.59. The first-order chi connectivity index (χ1) is 8.65. The summed E-state index contributed by atoms with van der Waals surface area (Å²) in [5.41, 5.74) is 6.95. The third kappa shape index (κ3) is 4.52. The molecule has 0 fully saturated rings. The van der Waals surface area contributed by atoms with Crippen molar-refractivity contribution in [3.63, 3.8) is 0 Å². The monoisotopic (exact) mass is 261 g/mol. The van der Waals surface area contributed by atoms with Crippen molar-refractivity contribution >= 4 is 17.3 Å². The van der Waals surface area contributed by atoms with Crippen molar-refractivity contribution in [2.45, 2.75) is 6.42 Å². The lowest BCUT2D eigenvalue weighted by molar-refractivity contribution is 0.470. The Morgan fingerprint density at radius 2 is 1.72 bits per heavy atom. The zero-order chi connectivity index (χ0) is 13.4. The summed E-state index contributed by atoms with van der Waals surface area (Å²) in [5.74, 6) is 0.349. The summed E-state index contributed by atoms with van der Waals surface area (Å²) in [7, 11) is 0. The lowest BCUT2D eigenvalue weighted by atomic mass is 10.1. The van der Waals surface area contributed by atoms with Crippen molar-refractivity contribution in [3.05, 3.63) is 71.8 Å². The Hall–Kier alpha value is -1.93. The maximum absolute atomic E-state index is 9.19. The number of benzene rings is 2. The van der Waals surface area contributed by atoms with Crippen LogP contribution in [-0.2, 0) is 6.42 Å². The number of phenols is 1. The molecule has 3 N–H and O–H groups in total. The van der Waals surface area contributed by atoms with Crippen molar-refractivity contribution < 1.29 is 5.11 Å². The van der Waals surface area contributed by atoms with Gasteiger partial charge in [0, 0.05) is 0 Å². The van der Waals surface area contributed by atoms with Gasteiger partial charge < -0.3 is 10.8 Å². The van der Waals surface area contributed by atoms with Crippen molar-refractivity contribution in [2.75, 3.05) is 5.73 Å². The highest BCUT2D eigenvalue weighted by molar-refractivity contribution is 6.33. The SMILES string of the molecule is C=CCc1ccccc1O.Nc1ccccc1Cl. The van der Waals surface area contributed by atoms with Crippen LogP contribution in [-0.4, -0.2) is 5.11 Å². The first-order valence-corrected chi connectivity index (χ1v) is 5.90. The van der Waals surface area contributed by atoms with Crippen molar-refractivity contribution in [1.29, 1.82) is 0 Å². The second-order valence-corrected chi connectivity index (χ2v) is 4.05. The summed E-state index contributed by atoms with van der Waals surface area (Å²) in [4.78, 5) is 0. The Morgan fingerprint density at radius 3 is 2.22 bits per heavy atom. The van der Waals surface area contributed by atoms with Crippen LogP contribution in [0, 0.1) is 0 Å². The molecule has 0 unspecified atom stereocenters. The Labute approximate surface area is 112 Å². The van der Waals surface area contributed by atoms with Gasteiger partial charge in [-0.1, -0.05) is 48.0 Å². The number of allylic oxidation sites excluding steroid dienone is 1. The third-order valence-electron chi connectivity index (χ3n) is 2.26. The van der Waals surface area contributed by atoms with E-state index in [9.17, 15) is 5.11 Å². The molecule has 0 heterocycles. The second kappa shape index (κ2) is 7.41. The standard InChI is InChI=1S/C9H10O.C6H6ClN/c1-2-5-8-6-3-4-7-9(8)10;7-5-3-1-2-4-6(5)8/h2-4,6-7,10H,1,5H2;1-4H,8H2. The van der Waals surface area contributed by atoms with Gasteiger partial charge >= 0.3 is 0 Å². The molecule has 2 rings (SSSR count). The number of hydrogen-bond donors (Lipinski definition) is 2. The number of nitrogen functional groups attached to an aromatic ring is 1. The molecule has 0 saturated heterocycles. The van der Waals surface area contributed by atoms with E-state index < -0.39 is 0 Å². The fourth-order valence-corrected chi connectivity index (χ4v) is 1.45. The fraction of sp³-hybridized carbons (Fsp3) is 0.0667. The summed E-state index contributed by atoms with van der Waals surface area (Å²) in [5, 5.41) is 9.81. The van der Waals surface area contributed by atoms with E-state index in [1.54, 1.807) is 24.3 Å². The highest BCUT2D eigenvalue weighted by Gasteiger charge is 1.93. The van der Waals surface area contributed by atoms with Crippen molar-refractivity contribution in [3.8, 4) is 5.75 Å². The molecule has 0 aliphatic heterocycles. The Balaban J connectivity index is 0.000000184. The highest BCUT2D eigenvalue weighted by Crippen LogP contribution is 2.16. The minimum atomic E-state index is 0.349. The van der Waals surface area contributed by atoms with Crippen LogP contribution in [0.3, 0.4) is 0 Å². The van der Waals surface area contributed by atoms with Crippen LogP contribution in [0.1, 0.15) is 5.56 Å². The van der Waals surface area contributed by atoms with Gasteiger partial charge in [0.2, 0.25) is 0 Å². The number of nitrogens with two attached hydrogens (primary N) is 1. The third-order valence-corrected chi connectivity index (χ3v) is 2.61. The molecule has 0 aliphatic carbocycles. The van der Waals surface area contributed by atoms with Crippen LogP contribution in [0.25, 0.3) is 0 Å². The van der Waals surface area contributed by atoms with E-state index in [-0.39, 0.29) is 0 Å². The molecule has 3 heteroatoms. The van der Waals surface area contributed by atoms with Gasteiger partial charge in [0.15, 0.2) is 0 Å². The smallest absolute Gasteiger partial charge is 0.119 e. The molecule has 2 aromatic carbocycles. The summed E-state index contributed by atoms with van der Waals surface area (Å²) in [6.07, 6.45) is 2.50. The molecule has 18 heavy (non-hydrogen) atoms. The minimum Gasteiger partial charge on any atom is -0.508 e. The second-order valence-electron chi connectivity index (χ2n) is 3.64. The lowest BCUT2D eigenvalue weighted by Crippen LogP contribution is -1.82. The summed E-state index contributed by atoms with van der Waals surface area (Å²) in [6, 6.07) is 14.5. The van der Waals surface area contributed by atoms with Crippen LogP contribution < -0.4 is 5.73 Å². The molecular formula is C15H16ClNO. The topological polar surface area (TPSA) is 46.2 Å². The van der Waals surface area contributed by atoms with Gasteiger partial charge in [-0.2, -0.15) is 0 Å². The van der Waals surface area contributed by atoms with E-state index in [0.29, 0.717) is 16.5 Å². The van der Waals surface area contributed by atoms with E-state index in [0.717, 1.165) is 12.0 Å². The predicted octanol–water partition coefficient (Wildman–Crippen LogP) is 4.04. The van der Waals surface area contributed by atoms with Gasteiger partial charge in [0.05, 0.1) is 10.7 Å². The van der Waals surface area contributed by atoms with Crippen LogP contribution in [0.2, 0.25) is 5.02 Å². The number of halogens is 1. The fourth-order valence-electron chi connectivity index (χ4n) is 1.31. The highest BCUT2D eigenvalue weighted by atomic mass is 35.5. The molecule has 0 spiro atoms. The van der Waals surface area contributed by atoms with E-state index in [4.69, 9.17) is 17.3 Å². The van der Waals surface area contributed by atoms with Crippen LogP contribution >= 0.6 is 11.6 Å². The maximum atomic E-state index is 9.19. The summed E-state index contributed by atoms with van der Waals surface area (Å²) >= 11 is 5.58. The normalized spacial score (nSPS) is 9.17. The van der Waals surface area contributed by atoms with Gasteiger partial charge in [-0.3, -0.25) is 0 Å². The minimum absolute atomic E-state index is 0.349. The Morgan fingerprint density at radius 1 is 1.11 bits per heavy atom. The first kappa shape index (κ1) is 14.1. The lowest BCUT2D eigenvalue weighted by Gasteiger charge is -1.97. The first-order valence-electron chi connectivity index (χ1n) is 5.53. The molecule has 0 atom stereocenters. The van der Waals surface area contributed by atoms with Crippen LogP contribution in [0.5, 0.6) is 5.75 Å². The number of aromatic hydroxyl groups is 1. The number of phenolic OH excluding ortho intramolecular Hbond substituents is 1. The molecule has 0 saturated carbocycles. The Kier molecular flexibility index (Phi) is 5.81. The number of para-hydroxylation sites is 2. The van der Waals surface area contributed by atoms with E-state index in [1.165, 1.54) is 0 Å². The van der Waals surface area contributed by atoms with Gasteiger partial charge in [-0.05, 0) is 30.2 Å². The largest absolute Gasteiger partial charge is 0.508 e. The van der Waals surface area contributed by atoms with Crippen molar-refractivity contribution in [1.82, 2.24) is 0 Å². The quantitative estimate of drug-likeness (QED) is 0.633.